The van der Waals surface area contributed by atoms with E-state index in [0.717, 1.165) is 22.0 Å². The van der Waals surface area contributed by atoms with Crippen LogP contribution in [0.25, 0.3) is 10.9 Å². The number of carbonyl (C=O) groups is 1. The number of amides is 1. The molecule has 3 aromatic rings. The number of nitrogens with one attached hydrogen (secondary N) is 2. The van der Waals surface area contributed by atoms with E-state index in [-0.39, 0.29) is 11.7 Å². The predicted octanol–water partition coefficient (Wildman–Crippen LogP) is 3.59. The molecule has 0 radical (unpaired) electrons. The second-order valence-electron chi connectivity index (χ2n) is 5.38. The molecule has 112 valence electrons. The number of aromatic nitrogens is 1. The Morgan fingerprint density at radius 1 is 1.23 bits per heavy atom. The number of carbonyl (C=O) groups excluding carboxylic acids is 1. The molecule has 1 heterocycles. The third kappa shape index (κ3) is 3.01. The standard InChI is InChI=1S/C18H17FN2O/c1-12-3-2-4-13(9-12)18(22)20-8-7-14-11-21-17-10-15(19)5-6-16(14)17/h2-6,9-11,21H,7-8H2,1H3,(H,20,22). The van der Waals surface area contributed by atoms with Gasteiger partial charge in [-0.05, 0) is 49.2 Å². The smallest absolute Gasteiger partial charge is 0.251 e. The van der Waals surface area contributed by atoms with Crippen LogP contribution >= 0.6 is 0 Å². The highest BCUT2D eigenvalue weighted by atomic mass is 19.1. The summed E-state index contributed by atoms with van der Waals surface area (Å²) in [6, 6.07) is 12.2. The van der Waals surface area contributed by atoms with Gasteiger partial charge in [0.05, 0.1) is 0 Å². The summed E-state index contributed by atoms with van der Waals surface area (Å²) >= 11 is 0. The summed E-state index contributed by atoms with van der Waals surface area (Å²) < 4.78 is 13.1. The Kier molecular flexibility index (Phi) is 3.92. The van der Waals surface area contributed by atoms with Crippen LogP contribution in [0.4, 0.5) is 4.39 Å². The van der Waals surface area contributed by atoms with Gasteiger partial charge in [0.25, 0.3) is 5.91 Å². The molecule has 3 rings (SSSR count). The molecule has 0 bridgehead atoms. The zero-order chi connectivity index (χ0) is 15.5. The maximum Gasteiger partial charge on any atom is 0.251 e. The van der Waals surface area contributed by atoms with Crippen molar-refractivity contribution in [3.05, 3.63) is 71.2 Å². The van der Waals surface area contributed by atoms with Crippen LogP contribution in [-0.4, -0.2) is 17.4 Å². The fourth-order valence-electron chi connectivity index (χ4n) is 2.56. The van der Waals surface area contributed by atoms with E-state index in [0.29, 0.717) is 18.5 Å². The summed E-state index contributed by atoms with van der Waals surface area (Å²) in [4.78, 5) is 15.1. The summed E-state index contributed by atoms with van der Waals surface area (Å²) in [5, 5.41) is 3.91. The van der Waals surface area contributed by atoms with Crippen LogP contribution in [0.3, 0.4) is 0 Å². The first-order valence-electron chi connectivity index (χ1n) is 7.24. The van der Waals surface area contributed by atoms with Gasteiger partial charge in [0.1, 0.15) is 5.82 Å². The van der Waals surface area contributed by atoms with Crippen molar-refractivity contribution in [3.8, 4) is 0 Å². The second kappa shape index (κ2) is 6.02. The number of H-pyrrole nitrogens is 1. The highest BCUT2D eigenvalue weighted by Crippen LogP contribution is 2.19. The Bertz CT molecular complexity index is 823. The molecular weight excluding hydrogens is 279 g/mol. The van der Waals surface area contributed by atoms with E-state index >= 15 is 0 Å². The SMILES string of the molecule is Cc1cccc(C(=O)NCCc2c[nH]c3cc(F)ccc23)c1. The zero-order valence-electron chi connectivity index (χ0n) is 12.3. The molecule has 0 aliphatic heterocycles. The van der Waals surface area contributed by atoms with Crippen LogP contribution in [0, 0.1) is 12.7 Å². The van der Waals surface area contributed by atoms with Gasteiger partial charge in [-0.3, -0.25) is 4.79 Å². The molecule has 0 saturated heterocycles. The fraction of sp³-hybridized carbons (Fsp3) is 0.167. The average molecular weight is 296 g/mol. The third-order valence-electron chi connectivity index (χ3n) is 3.69. The number of fused-ring (bicyclic) bond motifs is 1. The molecule has 0 saturated carbocycles. The quantitative estimate of drug-likeness (QED) is 0.759. The van der Waals surface area contributed by atoms with Crippen molar-refractivity contribution < 1.29 is 9.18 Å². The predicted molar refractivity (Wildman–Crippen MR) is 85.5 cm³/mol. The van der Waals surface area contributed by atoms with E-state index in [9.17, 15) is 9.18 Å². The van der Waals surface area contributed by atoms with Gasteiger partial charge in [-0.1, -0.05) is 17.7 Å². The fourth-order valence-corrected chi connectivity index (χ4v) is 2.56. The number of halogens is 1. The minimum Gasteiger partial charge on any atom is -0.361 e. The molecule has 1 aromatic heterocycles. The topological polar surface area (TPSA) is 44.9 Å². The van der Waals surface area contributed by atoms with Gasteiger partial charge >= 0.3 is 0 Å². The van der Waals surface area contributed by atoms with Crippen molar-refractivity contribution in [2.45, 2.75) is 13.3 Å². The van der Waals surface area contributed by atoms with Gasteiger partial charge < -0.3 is 10.3 Å². The minimum absolute atomic E-state index is 0.0745. The van der Waals surface area contributed by atoms with Crippen LogP contribution in [0.1, 0.15) is 21.5 Å². The lowest BCUT2D eigenvalue weighted by Crippen LogP contribution is -2.25. The average Bonchev–Trinajstić information content (AvgIpc) is 2.89. The molecule has 22 heavy (non-hydrogen) atoms. The van der Waals surface area contributed by atoms with Crippen molar-refractivity contribution in [1.82, 2.24) is 10.3 Å². The van der Waals surface area contributed by atoms with Gasteiger partial charge in [-0.15, -0.1) is 0 Å². The van der Waals surface area contributed by atoms with Crippen molar-refractivity contribution in [1.29, 1.82) is 0 Å². The van der Waals surface area contributed by atoms with Gasteiger partial charge in [-0.2, -0.15) is 0 Å². The van der Waals surface area contributed by atoms with Crippen molar-refractivity contribution in [2.24, 2.45) is 0 Å². The van der Waals surface area contributed by atoms with Crippen LogP contribution in [0.15, 0.2) is 48.7 Å². The second-order valence-corrected chi connectivity index (χ2v) is 5.38. The van der Waals surface area contributed by atoms with Crippen LogP contribution in [-0.2, 0) is 6.42 Å². The molecule has 1 amide bonds. The maximum atomic E-state index is 13.1. The molecule has 3 nitrogen and oxygen atoms in total. The van der Waals surface area contributed by atoms with Crippen molar-refractivity contribution in [3.63, 3.8) is 0 Å². The van der Waals surface area contributed by atoms with E-state index < -0.39 is 0 Å². The van der Waals surface area contributed by atoms with E-state index in [1.807, 2.05) is 31.3 Å². The highest BCUT2D eigenvalue weighted by Gasteiger charge is 2.07. The van der Waals surface area contributed by atoms with Gasteiger partial charge in [0.2, 0.25) is 0 Å². The molecule has 0 unspecified atom stereocenters. The van der Waals surface area contributed by atoms with E-state index in [2.05, 4.69) is 10.3 Å². The minimum atomic E-state index is -0.256. The molecule has 0 atom stereocenters. The largest absolute Gasteiger partial charge is 0.361 e. The summed E-state index contributed by atoms with van der Waals surface area (Å²) in [5.41, 5.74) is 3.58. The molecule has 0 fully saturated rings. The van der Waals surface area contributed by atoms with Crippen LogP contribution < -0.4 is 5.32 Å². The van der Waals surface area contributed by atoms with Gasteiger partial charge in [0, 0.05) is 29.2 Å². The van der Waals surface area contributed by atoms with Crippen LogP contribution in [0.2, 0.25) is 0 Å². The number of rotatable bonds is 4. The van der Waals surface area contributed by atoms with Gasteiger partial charge in [-0.25, -0.2) is 4.39 Å². The summed E-state index contributed by atoms with van der Waals surface area (Å²) in [6.45, 7) is 2.50. The molecule has 4 heteroatoms. The Balaban J connectivity index is 1.64. The maximum absolute atomic E-state index is 13.1. The number of benzene rings is 2. The lowest BCUT2D eigenvalue weighted by molar-refractivity contribution is 0.0954. The third-order valence-corrected chi connectivity index (χ3v) is 3.69. The monoisotopic (exact) mass is 296 g/mol. The highest BCUT2D eigenvalue weighted by molar-refractivity contribution is 5.94. The molecule has 0 spiro atoms. The molecule has 2 aromatic carbocycles. The first-order valence-corrected chi connectivity index (χ1v) is 7.24. The van der Waals surface area contributed by atoms with Gasteiger partial charge in [0.15, 0.2) is 0 Å². The summed E-state index contributed by atoms with van der Waals surface area (Å²) in [6.07, 6.45) is 2.56. The Morgan fingerprint density at radius 3 is 2.91 bits per heavy atom. The number of hydrogen-bond donors (Lipinski definition) is 2. The first kappa shape index (κ1) is 14.3. The molecular formula is C18H17FN2O. The summed E-state index contributed by atoms with van der Waals surface area (Å²) in [5.74, 6) is -0.330. The Hall–Kier alpha value is -2.62. The number of aromatic amines is 1. The molecule has 0 aliphatic rings. The molecule has 2 N–H and O–H groups in total. The first-order chi connectivity index (χ1) is 10.6. The normalized spacial score (nSPS) is 10.8. The summed E-state index contributed by atoms with van der Waals surface area (Å²) in [7, 11) is 0. The Labute approximate surface area is 128 Å². The van der Waals surface area contributed by atoms with Crippen molar-refractivity contribution >= 4 is 16.8 Å². The van der Waals surface area contributed by atoms with E-state index in [1.54, 1.807) is 12.1 Å². The lowest BCUT2D eigenvalue weighted by atomic mass is 10.1. The van der Waals surface area contributed by atoms with Crippen LogP contribution in [0.5, 0.6) is 0 Å². The van der Waals surface area contributed by atoms with E-state index in [1.165, 1.54) is 12.1 Å². The molecule has 0 aliphatic carbocycles. The Morgan fingerprint density at radius 2 is 2.09 bits per heavy atom. The zero-order valence-corrected chi connectivity index (χ0v) is 12.3. The number of aryl methyl sites for hydroxylation is 1. The van der Waals surface area contributed by atoms with E-state index in [4.69, 9.17) is 0 Å². The van der Waals surface area contributed by atoms with Crippen molar-refractivity contribution in [2.75, 3.05) is 6.54 Å². The lowest BCUT2D eigenvalue weighted by Gasteiger charge is -2.05. The number of hydrogen-bond acceptors (Lipinski definition) is 1.